The van der Waals surface area contributed by atoms with Crippen LogP contribution in [0.1, 0.15) is 15.4 Å². The van der Waals surface area contributed by atoms with E-state index in [0.29, 0.717) is 10.8 Å². The smallest absolute Gasteiger partial charge is 0.269 e. The normalized spacial score (nSPS) is 10.6. The molecule has 2 N–H and O–H groups in total. The number of hydrogen-bond acceptors (Lipinski definition) is 5. The number of amides is 1. The second kappa shape index (κ2) is 4.94. The second-order valence-electron chi connectivity index (χ2n) is 3.80. The van der Waals surface area contributed by atoms with Gasteiger partial charge in [0.15, 0.2) is 0 Å². The van der Waals surface area contributed by atoms with E-state index >= 15 is 0 Å². The molecule has 0 saturated heterocycles. The largest absolute Gasteiger partial charge is 0.331 e. The first kappa shape index (κ1) is 12.1. The Morgan fingerprint density at radius 3 is 3.05 bits per heavy atom. The van der Waals surface area contributed by atoms with Crippen molar-refractivity contribution >= 4 is 34.5 Å². The molecule has 0 spiro atoms. The molecule has 0 aliphatic heterocycles. The van der Waals surface area contributed by atoms with Gasteiger partial charge in [-0.15, -0.1) is 22.7 Å². The molecule has 19 heavy (non-hydrogen) atoms. The number of nitrogens with one attached hydrogen (secondary N) is 2. The predicted molar refractivity (Wildman–Crippen MR) is 76.7 cm³/mol. The highest BCUT2D eigenvalue weighted by atomic mass is 32.1. The topological polar surface area (TPSA) is 70.7 Å². The highest BCUT2D eigenvalue weighted by molar-refractivity contribution is 7.22. The summed E-state index contributed by atoms with van der Waals surface area (Å²) in [5.41, 5.74) is 0.734. The number of aromatic amines is 1. The van der Waals surface area contributed by atoms with Gasteiger partial charge in [0.1, 0.15) is 9.88 Å². The van der Waals surface area contributed by atoms with E-state index < -0.39 is 0 Å². The molecular weight excluding hydrogens is 280 g/mol. The standard InChI is InChI=1S/C12H10N4OS2/c1-7-9(10(17)16-12-13-4-5-14-12)19-11(15-7)8-3-2-6-18-8/h2-6H,1H3,(H2,13,14,16,17). The molecular formula is C12H10N4OS2. The molecule has 96 valence electrons. The molecule has 0 saturated carbocycles. The van der Waals surface area contributed by atoms with Crippen molar-refractivity contribution < 1.29 is 4.79 Å². The first-order valence-corrected chi connectivity index (χ1v) is 7.25. The minimum atomic E-state index is -0.187. The zero-order valence-electron chi connectivity index (χ0n) is 10.0. The average molecular weight is 290 g/mol. The zero-order chi connectivity index (χ0) is 13.2. The van der Waals surface area contributed by atoms with E-state index in [1.165, 1.54) is 11.3 Å². The van der Waals surface area contributed by atoms with Crippen molar-refractivity contribution in [3.63, 3.8) is 0 Å². The van der Waals surface area contributed by atoms with Crippen LogP contribution in [0.15, 0.2) is 29.9 Å². The van der Waals surface area contributed by atoms with Crippen molar-refractivity contribution in [2.75, 3.05) is 5.32 Å². The lowest BCUT2D eigenvalue weighted by atomic mass is 10.4. The molecule has 7 heteroatoms. The summed E-state index contributed by atoms with van der Waals surface area (Å²) in [7, 11) is 0. The number of carbonyl (C=O) groups excluding carboxylic acids is 1. The van der Waals surface area contributed by atoms with Crippen LogP contribution in [0.3, 0.4) is 0 Å². The number of anilines is 1. The first-order valence-electron chi connectivity index (χ1n) is 5.56. The summed E-state index contributed by atoms with van der Waals surface area (Å²) in [4.78, 5) is 25.0. The number of rotatable bonds is 3. The maximum absolute atomic E-state index is 12.1. The number of thiazole rings is 1. The van der Waals surface area contributed by atoms with Crippen LogP contribution >= 0.6 is 22.7 Å². The summed E-state index contributed by atoms with van der Waals surface area (Å²) < 4.78 is 0. The molecule has 1 amide bonds. The van der Waals surface area contributed by atoms with Gasteiger partial charge in [0, 0.05) is 12.4 Å². The molecule has 0 aromatic carbocycles. The third-order valence-corrected chi connectivity index (χ3v) is 4.66. The van der Waals surface area contributed by atoms with Crippen LogP contribution in [-0.2, 0) is 0 Å². The molecule has 3 heterocycles. The number of thiophene rings is 1. The molecule has 0 atom stereocenters. The second-order valence-corrected chi connectivity index (χ2v) is 5.75. The van der Waals surface area contributed by atoms with Gasteiger partial charge >= 0.3 is 0 Å². The zero-order valence-corrected chi connectivity index (χ0v) is 11.6. The van der Waals surface area contributed by atoms with E-state index in [4.69, 9.17) is 0 Å². The molecule has 0 radical (unpaired) electrons. The maximum atomic E-state index is 12.1. The van der Waals surface area contributed by atoms with Crippen LogP contribution in [0, 0.1) is 6.92 Å². The van der Waals surface area contributed by atoms with E-state index in [0.717, 1.165) is 15.6 Å². The fraction of sp³-hybridized carbons (Fsp3) is 0.0833. The van der Waals surface area contributed by atoms with Gasteiger partial charge in [0.2, 0.25) is 5.95 Å². The number of hydrogen-bond donors (Lipinski definition) is 2. The Balaban J connectivity index is 1.87. The number of aromatic nitrogens is 3. The number of carbonyl (C=O) groups is 1. The van der Waals surface area contributed by atoms with Gasteiger partial charge in [-0.2, -0.15) is 0 Å². The van der Waals surface area contributed by atoms with Crippen molar-refractivity contribution in [3.05, 3.63) is 40.5 Å². The Labute approximate surface area is 117 Å². The van der Waals surface area contributed by atoms with Crippen LogP contribution in [-0.4, -0.2) is 20.9 Å². The third kappa shape index (κ3) is 2.42. The van der Waals surface area contributed by atoms with Crippen molar-refractivity contribution in [2.24, 2.45) is 0 Å². The number of imidazole rings is 1. The van der Waals surface area contributed by atoms with Gasteiger partial charge in [-0.1, -0.05) is 6.07 Å². The van der Waals surface area contributed by atoms with Crippen LogP contribution in [0.2, 0.25) is 0 Å². The lowest BCUT2D eigenvalue weighted by Gasteiger charge is -1.98. The number of H-pyrrole nitrogens is 1. The van der Waals surface area contributed by atoms with E-state index in [9.17, 15) is 4.79 Å². The molecule has 3 aromatic heterocycles. The van der Waals surface area contributed by atoms with Crippen LogP contribution < -0.4 is 5.32 Å². The molecule has 3 rings (SSSR count). The fourth-order valence-corrected chi connectivity index (χ4v) is 3.37. The van der Waals surface area contributed by atoms with Crippen molar-refractivity contribution in [2.45, 2.75) is 6.92 Å². The lowest BCUT2D eigenvalue weighted by Crippen LogP contribution is -2.12. The lowest BCUT2D eigenvalue weighted by molar-refractivity contribution is 0.102. The van der Waals surface area contributed by atoms with Crippen LogP contribution in [0.4, 0.5) is 5.95 Å². The molecule has 0 aliphatic rings. The Morgan fingerprint density at radius 1 is 1.47 bits per heavy atom. The Bertz CT molecular complexity index is 685. The quantitative estimate of drug-likeness (QED) is 0.778. The number of aryl methyl sites for hydroxylation is 1. The van der Waals surface area contributed by atoms with E-state index in [2.05, 4.69) is 20.3 Å². The van der Waals surface area contributed by atoms with Gasteiger partial charge in [-0.05, 0) is 18.4 Å². The minimum Gasteiger partial charge on any atom is -0.331 e. The van der Waals surface area contributed by atoms with E-state index in [1.807, 2.05) is 24.4 Å². The average Bonchev–Trinajstić information content (AvgIpc) is 3.07. The first-order chi connectivity index (χ1) is 9.24. The predicted octanol–water partition coefficient (Wildman–Crippen LogP) is 3.16. The summed E-state index contributed by atoms with van der Waals surface area (Å²) in [6, 6.07) is 3.97. The molecule has 0 fully saturated rings. The highest BCUT2D eigenvalue weighted by Gasteiger charge is 2.17. The van der Waals surface area contributed by atoms with Gasteiger partial charge in [0.25, 0.3) is 5.91 Å². The summed E-state index contributed by atoms with van der Waals surface area (Å²) in [5.74, 6) is 0.253. The van der Waals surface area contributed by atoms with Crippen molar-refractivity contribution in [1.29, 1.82) is 0 Å². The SMILES string of the molecule is Cc1nc(-c2cccs2)sc1C(=O)Nc1ncc[nH]1. The Hall–Kier alpha value is -1.99. The Kier molecular flexibility index (Phi) is 3.14. The monoisotopic (exact) mass is 290 g/mol. The van der Waals surface area contributed by atoms with E-state index in [-0.39, 0.29) is 5.91 Å². The molecule has 3 aromatic rings. The summed E-state index contributed by atoms with van der Waals surface area (Å²) in [6.07, 6.45) is 3.25. The minimum absolute atomic E-state index is 0.187. The van der Waals surface area contributed by atoms with Crippen LogP contribution in [0.25, 0.3) is 9.88 Å². The van der Waals surface area contributed by atoms with Gasteiger partial charge in [-0.3, -0.25) is 10.1 Å². The van der Waals surface area contributed by atoms with E-state index in [1.54, 1.807) is 23.7 Å². The summed E-state index contributed by atoms with van der Waals surface area (Å²) in [6.45, 7) is 1.84. The fourth-order valence-electron chi connectivity index (χ4n) is 1.61. The molecule has 5 nitrogen and oxygen atoms in total. The highest BCUT2D eigenvalue weighted by Crippen LogP contribution is 2.31. The number of nitrogens with zero attached hydrogens (tertiary/aromatic N) is 2. The van der Waals surface area contributed by atoms with Gasteiger partial charge in [-0.25, -0.2) is 9.97 Å². The third-order valence-electron chi connectivity index (χ3n) is 2.46. The van der Waals surface area contributed by atoms with Crippen molar-refractivity contribution in [3.8, 4) is 9.88 Å². The van der Waals surface area contributed by atoms with Crippen molar-refractivity contribution in [1.82, 2.24) is 15.0 Å². The van der Waals surface area contributed by atoms with Gasteiger partial charge < -0.3 is 4.98 Å². The summed E-state index contributed by atoms with van der Waals surface area (Å²) >= 11 is 3.01. The summed E-state index contributed by atoms with van der Waals surface area (Å²) in [5, 5.41) is 5.57. The molecule has 0 bridgehead atoms. The molecule has 0 aliphatic carbocycles. The Morgan fingerprint density at radius 2 is 2.37 bits per heavy atom. The molecule has 0 unspecified atom stereocenters. The van der Waals surface area contributed by atoms with Crippen LogP contribution in [0.5, 0.6) is 0 Å². The maximum Gasteiger partial charge on any atom is 0.269 e. The van der Waals surface area contributed by atoms with Gasteiger partial charge in [0.05, 0.1) is 10.6 Å².